The van der Waals surface area contributed by atoms with E-state index < -0.39 is 15.6 Å². The highest BCUT2D eigenvalue weighted by molar-refractivity contribution is 7.89. The van der Waals surface area contributed by atoms with E-state index in [1.54, 1.807) is 24.8 Å². The molecule has 2 rings (SSSR count). The van der Waals surface area contributed by atoms with Crippen molar-refractivity contribution in [2.24, 2.45) is 5.73 Å². The first-order valence-corrected chi connectivity index (χ1v) is 10.5. The van der Waals surface area contributed by atoms with Gasteiger partial charge >= 0.3 is 0 Å². The molecule has 1 aliphatic rings. The molecule has 8 nitrogen and oxygen atoms in total. The van der Waals surface area contributed by atoms with Crippen molar-refractivity contribution in [2.45, 2.75) is 38.1 Å². The molecule has 0 spiro atoms. The van der Waals surface area contributed by atoms with E-state index in [9.17, 15) is 13.2 Å². The third kappa shape index (κ3) is 4.91. The molecule has 27 heavy (non-hydrogen) atoms. The average Bonchev–Trinajstić information content (AvgIpc) is 2.62. The Kier molecular flexibility index (Phi) is 6.72. The molecule has 152 valence electrons. The van der Waals surface area contributed by atoms with Crippen molar-refractivity contribution in [1.29, 1.82) is 0 Å². The minimum atomic E-state index is -3.69. The van der Waals surface area contributed by atoms with Gasteiger partial charge in [-0.2, -0.15) is 4.31 Å². The van der Waals surface area contributed by atoms with Crippen molar-refractivity contribution in [2.75, 3.05) is 39.4 Å². The zero-order valence-corrected chi connectivity index (χ0v) is 17.2. The van der Waals surface area contributed by atoms with Gasteiger partial charge in [0.2, 0.25) is 15.9 Å². The number of sulfonamides is 1. The van der Waals surface area contributed by atoms with Crippen LogP contribution in [0, 0.1) is 0 Å². The second-order valence-electron chi connectivity index (χ2n) is 6.89. The molecule has 1 aromatic rings. The Morgan fingerprint density at radius 2 is 1.63 bits per heavy atom. The van der Waals surface area contributed by atoms with Crippen molar-refractivity contribution in [3.05, 3.63) is 18.2 Å². The quantitative estimate of drug-likeness (QED) is 0.735. The van der Waals surface area contributed by atoms with E-state index in [1.807, 2.05) is 13.8 Å². The van der Waals surface area contributed by atoms with Crippen LogP contribution >= 0.6 is 0 Å². The molecule has 1 saturated heterocycles. The Hall–Kier alpha value is -1.84. The van der Waals surface area contributed by atoms with Crippen molar-refractivity contribution in [3.63, 3.8) is 0 Å². The van der Waals surface area contributed by atoms with Crippen LogP contribution in [0.1, 0.15) is 27.7 Å². The second kappa shape index (κ2) is 8.45. The first-order chi connectivity index (χ1) is 12.6. The molecule has 0 aromatic heterocycles. The third-order valence-electron chi connectivity index (χ3n) is 4.23. The van der Waals surface area contributed by atoms with Gasteiger partial charge in [0.05, 0.1) is 23.6 Å². The predicted octanol–water partition coefficient (Wildman–Crippen LogP) is 1.05. The largest absolute Gasteiger partial charge is 0.490 e. The molecule has 2 N–H and O–H groups in total. The lowest BCUT2D eigenvalue weighted by atomic mass is 10.1. The molecular formula is C18H29N3O5S. The fraction of sp³-hybridized carbons (Fsp3) is 0.611. The molecule has 0 aliphatic carbocycles. The number of carbonyl (C=O) groups is 1. The van der Waals surface area contributed by atoms with Crippen molar-refractivity contribution in [1.82, 2.24) is 9.21 Å². The van der Waals surface area contributed by atoms with Gasteiger partial charge in [0.15, 0.2) is 11.5 Å². The Labute approximate surface area is 161 Å². The normalized spacial score (nSPS) is 16.3. The van der Waals surface area contributed by atoms with Gasteiger partial charge < -0.3 is 20.1 Å². The van der Waals surface area contributed by atoms with Crippen LogP contribution in [0.15, 0.2) is 23.1 Å². The molecule has 0 bridgehead atoms. The minimum absolute atomic E-state index is 0.147. The summed E-state index contributed by atoms with van der Waals surface area (Å²) in [5.41, 5.74) is 4.89. The lowest BCUT2D eigenvalue weighted by Crippen LogP contribution is -2.57. The number of carbonyl (C=O) groups excluding carboxylic acids is 1. The maximum atomic E-state index is 13.0. The Bertz CT molecular complexity index is 766. The summed E-state index contributed by atoms with van der Waals surface area (Å²) in [6.45, 7) is 8.90. The molecular weight excluding hydrogens is 370 g/mol. The van der Waals surface area contributed by atoms with E-state index in [0.29, 0.717) is 37.8 Å². The molecule has 1 aliphatic heterocycles. The summed E-state index contributed by atoms with van der Waals surface area (Å²) in [6.07, 6.45) is 0. The molecule has 1 heterocycles. The van der Waals surface area contributed by atoms with E-state index in [0.717, 1.165) is 0 Å². The highest BCUT2D eigenvalue weighted by Crippen LogP contribution is 2.31. The second-order valence-corrected chi connectivity index (χ2v) is 8.83. The predicted molar refractivity (Wildman–Crippen MR) is 102 cm³/mol. The number of hydrogen-bond donors (Lipinski definition) is 1. The molecule has 0 radical (unpaired) electrons. The maximum Gasteiger partial charge on any atom is 0.243 e. The zero-order valence-electron chi connectivity index (χ0n) is 16.4. The molecule has 0 saturated carbocycles. The Morgan fingerprint density at radius 3 is 2.15 bits per heavy atom. The van der Waals surface area contributed by atoms with Crippen LogP contribution in [0.25, 0.3) is 0 Å². The fourth-order valence-corrected chi connectivity index (χ4v) is 4.32. The van der Waals surface area contributed by atoms with E-state index >= 15 is 0 Å². The topological polar surface area (TPSA) is 102 Å². The Balaban J connectivity index is 2.17. The van der Waals surface area contributed by atoms with Gasteiger partial charge in [-0.1, -0.05) is 0 Å². The minimum Gasteiger partial charge on any atom is -0.490 e. The first kappa shape index (κ1) is 21.5. The molecule has 0 atom stereocenters. The SMILES string of the molecule is CCOc1ccc(S(=O)(=O)N2CCN(C(=O)C(C)(C)N)CC2)cc1OCC. The number of ether oxygens (including phenoxy) is 2. The van der Waals surface area contributed by atoms with Crippen LogP contribution in [-0.4, -0.2) is 68.5 Å². The summed E-state index contributed by atoms with van der Waals surface area (Å²) >= 11 is 0. The van der Waals surface area contributed by atoms with Crippen LogP contribution in [-0.2, 0) is 14.8 Å². The summed E-state index contributed by atoms with van der Waals surface area (Å²) in [6, 6.07) is 4.62. The number of rotatable bonds is 7. The van der Waals surface area contributed by atoms with Gasteiger partial charge in [0.1, 0.15) is 0 Å². The van der Waals surface area contributed by atoms with E-state index in [4.69, 9.17) is 15.2 Å². The van der Waals surface area contributed by atoms with Crippen LogP contribution in [0.4, 0.5) is 0 Å². The lowest BCUT2D eigenvalue weighted by molar-refractivity contribution is -0.137. The van der Waals surface area contributed by atoms with Crippen LogP contribution in [0.3, 0.4) is 0 Å². The summed E-state index contributed by atoms with van der Waals surface area (Å²) in [5.74, 6) is 0.734. The molecule has 0 unspecified atom stereocenters. The van der Waals surface area contributed by atoms with E-state index in [1.165, 1.54) is 16.4 Å². The summed E-state index contributed by atoms with van der Waals surface area (Å²) in [7, 11) is -3.69. The highest BCUT2D eigenvalue weighted by atomic mass is 32.2. The molecule has 1 fully saturated rings. The van der Waals surface area contributed by atoms with Gasteiger partial charge in [-0.25, -0.2) is 8.42 Å². The number of piperazine rings is 1. The van der Waals surface area contributed by atoms with Crippen molar-refractivity contribution < 1.29 is 22.7 Å². The number of nitrogens with zero attached hydrogens (tertiary/aromatic N) is 2. The zero-order chi connectivity index (χ0) is 20.2. The average molecular weight is 400 g/mol. The van der Waals surface area contributed by atoms with Gasteiger partial charge in [-0.05, 0) is 39.8 Å². The smallest absolute Gasteiger partial charge is 0.243 e. The molecule has 9 heteroatoms. The van der Waals surface area contributed by atoms with Crippen LogP contribution in [0.2, 0.25) is 0 Å². The van der Waals surface area contributed by atoms with Crippen molar-refractivity contribution >= 4 is 15.9 Å². The van der Waals surface area contributed by atoms with Crippen molar-refractivity contribution in [3.8, 4) is 11.5 Å². The Morgan fingerprint density at radius 1 is 1.07 bits per heavy atom. The van der Waals surface area contributed by atoms with Gasteiger partial charge in [0, 0.05) is 32.2 Å². The van der Waals surface area contributed by atoms with E-state index in [2.05, 4.69) is 0 Å². The lowest BCUT2D eigenvalue weighted by Gasteiger charge is -2.36. The third-order valence-corrected chi connectivity index (χ3v) is 6.12. The van der Waals surface area contributed by atoms with E-state index in [-0.39, 0.29) is 23.9 Å². The van der Waals surface area contributed by atoms with Gasteiger partial charge in [-0.3, -0.25) is 4.79 Å². The summed E-state index contributed by atoms with van der Waals surface area (Å²) in [5, 5.41) is 0. The number of nitrogens with two attached hydrogens (primary N) is 1. The summed E-state index contributed by atoms with van der Waals surface area (Å²) in [4.78, 5) is 14.0. The highest BCUT2D eigenvalue weighted by Gasteiger charge is 2.34. The first-order valence-electron chi connectivity index (χ1n) is 9.09. The molecule has 1 amide bonds. The maximum absolute atomic E-state index is 13.0. The number of amides is 1. The number of benzene rings is 1. The molecule has 1 aromatic carbocycles. The van der Waals surface area contributed by atoms with Gasteiger partial charge in [0.25, 0.3) is 0 Å². The summed E-state index contributed by atoms with van der Waals surface area (Å²) < 4.78 is 38.4. The van der Waals surface area contributed by atoms with Gasteiger partial charge in [-0.15, -0.1) is 0 Å². The van der Waals surface area contributed by atoms with Crippen LogP contribution in [0.5, 0.6) is 11.5 Å². The monoisotopic (exact) mass is 399 g/mol. The van der Waals surface area contributed by atoms with Crippen LogP contribution < -0.4 is 15.2 Å². The number of hydrogen-bond acceptors (Lipinski definition) is 6. The standard InChI is InChI=1S/C18H29N3O5S/c1-5-25-15-8-7-14(13-16(15)26-6-2)27(23,24)21-11-9-20(10-12-21)17(22)18(3,4)19/h7-8,13H,5-6,9-12,19H2,1-4H3. The fourth-order valence-electron chi connectivity index (χ4n) is 2.88.